The highest BCUT2D eigenvalue weighted by Crippen LogP contribution is 2.36. The number of fused-ring (bicyclic) bond motifs is 5. The smallest absolute Gasteiger partial charge is 0.213 e. The minimum Gasteiger partial charge on any atom is -0.440 e. The number of ketones is 1. The van der Waals surface area contributed by atoms with Gasteiger partial charge in [-0.15, -0.1) is 0 Å². The summed E-state index contributed by atoms with van der Waals surface area (Å²) < 4.78 is 8.50. The van der Waals surface area contributed by atoms with Gasteiger partial charge in [0, 0.05) is 34.0 Å². The van der Waals surface area contributed by atoms with E-state index < -0.39 is 0 Å². The lowest BCUT2D eigenvalue weighted by Gasteiger charge is -2.05. The van der Waals surface area contributed by atoms with Crippen LogP contribution in [0.15, 0.2) is 107 Å². The summed E-state index contributed by atoms with van der Waals surface area (Å²) in [4.78, 5) is 13.2. The van der Waals surface area contributed by atoms with E-state index in [4.69, 9.17) is 4.42 Å². The normalized spacial score (nSPS) is 14.7. The van der Waals surface area contributed by atoms with Gasteiger partial charge in [0.1, 0.15) is 5.76 Å². The van der Waals surface area contributed by atoms with E-state index in [9.17, 15) is 4.79 Å². The molecule has 33 heavy (non-hydrogen) atoms. The van der Waals surface area contributed by atoms with E-state index in [1.54, 1.807) is 0 Å². The van der Waals surface area contributed by atoms with Crippen molar-refractivity contribution in [2.45, 2.75) is 6.42 Å². The van der Waals surface area contributed by atoms with Crippen molar-refractivity contribution in [1.82, 2.24) is 4.57 Å². The van der Waals surface area contributed by atoms with Crippen LogP contribution in [-0.4, -0.2) is 10.4 Å². The van der Waals surface area contributed by atoms with E-state index in [0.29, 0.717) is 12.2 Å². The molecule has 3 heteroatoms. The molecule has 0 atom stereocenters. The van der Waals surface area contributed by atoms with Gasteiger partial charge in [-0.2, -0.15) is 0 Å². The summed E-state index contributed by atoms with van der Waals surface area (Å²) in [5.41, 5.74) is 5.60. The number of aromatic nitrogens is 1. The number of para-hydroxylation sites is 2. The average molecular weight is 425 g/mol. The molecule has 1 aliphatic carbocycles. The highest BCUT2D eigenvalue weighted by atomic mass is 16.3. The zero-order valence-corrected chi connectivity index (χ0v) is 17.8. The van der Waals surface area contributed by atoms with Crippen molar-refractivity contribution in [1.29, 1.82) is 0 Å². The third kappa shape index (κ3) is 2.72. The number of hydrogen-bond acceptors (Lipinski definition) is 2. The van der Waals surface area contributed by atoms with Gasteiger partial charge in [0.15, 0.2) is 5.78 Å². The van der Waals surface area contributed by atoms with E-state index in [-0.39, 0.29) is 5.78 Å². The fraction of sp³-hybridized carbons (Fsp3) is 0.0333. The second kappa shape index (κ2) is 6.81. The van der Waals surface area contributed by atoms with Crippen LogP contribution >= 0.6 is 0 Å². The number of rotatable bonds is 2. The average Bonchev–Trinajstić information content (AvgIpc) is 3.49. The molecule has 0 bridgehead atoms. The molecular weight excluding hydrogens is 406 g/mol. The first-order valence-electron chi connectivity index (χ1n) is 11.1. The number of hydrogen-bond donors (Lipinski definition) is 0. The van der Waals surface area contributed by atoms with Crippen LogP contribution < -0.4 is 0 Å². The molecule has 3 nitrogen and oxygen atoms in total. The summed E-state index contributed by atoms with van der Waals surface area (Å²) in [5.74, 6) is 0.795. The van der Waals surface area contributed by atoms with Gasteiger partial charge in [0.2, 0.25) is 5.71 Å². The highest BCUT2D eigenvalue weighted by Gasteiger charge is 2.26. The Morgan fingerprint density at radius 1 is 0.758 bits per heavy atom. The zero-order chi connectivity index (χ0) is 21.9. The fourth-order valence-corrected chi connectivity index (χ4v) is 5.06. The quantitative estimate of drug-likeness (QED) is 0.272. The van der Waals surface area contributed by atoms with Crippen LogP contribution in [0.2, 0.25) is 0 Å². The molecule has 0 aliphatic heterocycles. The molecule has 0 unspecified atom stereocenters. The third-order valence-corrected chi connectivity index (χ3v) is 6.59. The van der Waals surface area contributed by atoms with Gasteiger partial charge in [-0.25, -0.2) is 0 Å². The highest BCUT2D eigenvalue weighted by molar-refractivity contribution is 6.17. The van der Waals surface area contributed by atoms with Crippen LogP contribution in [0.25, 0.3) is 44.5 Å². The van der Waals surface area contributed by atoms with Gasteiger partial charge in [-0.05, 0) is 52.7 Å². The molecule has 0 fully saturated rings. The van der Waals surface area contributed by atoms with E-state index in [1.165, 1.54) is 0 Å². The number of allylic oxidation sites excluding steroid dienone is 1. The molecule has 0 spiro atoms. The standard InChI is InChI=1S/C30H19NO2/c32-29-22(15-21-14-19-8-4-5-9-20(19)17-26(21)29)16-24-18-27-25-12-6-7-13-28(25)31(30(27)33-24)23-10-2-1-3-11-23/h1-14,16-18H,15H2/b22-16-. The lowest BCUT2D eigenvalue weighted by molar-refractivity contribution is 0.104. The topological polar surface area (TPSA) is 35.1 Å². The van der Waals surface area contributed by atoms with Crippen molar-refractivity contribution in [3.8, 4) is 5.69 Å². The number of carbonyl (C=O) groups excluding carboxylic acids is 1. The fourth-order valence-electron chi connectivity index (χ4n) is 5.06. The van der Waals surface area contributed by atoms with Crippen molar-refractivity contribution in [2.24, 2.45) is 0 Å². The number of carbonyl (C=O) groups is 1. The van der Waals surface area contributed by atoms with Crippen molar-refractivity contribution in [2.75, 3.05) is 0 Å². The molecule has 0 N–H and O–H groups in total. The van der Waals surface area contributed by atoms with Crippen LogP contribution in [0.5, 0.6) is 0 Å². The molecule has 0 saturated carbocycles. The number of benzene rings is 4. The molecule has 7 rings (SSSR count). The van der Waals surface area contributed by atoms with Crippen molar-refractivity contribution < 1.29 is 9.21 Å². The Bertz CT molecular complexity index is 1750. The summed E-state index contributed by atoms with van der Waals surface area (Å²) in [6, 6.07) is 32.9. The van der Waals surface area contributed by atoms with Crippen LogP contribution in [0, 0.1) is 0 Å². The van der Waals surface area contributed by atoms with Crippen LogP contribution in [0.4, 0.5) is 0 Å². The van der Waals surface area contributed by atoms with E-state index >= 15 is 0 Å². The van der Waals surface area contributed by atoms with E-state index in [1.807, 2.05) is 54.6 Å². The third-order valence-electron chi connectivity index (χ3n) is 6.59. The molecular formula is C30H19NO2. The maximum absolute atomic E-state index is 13.2. The van der Waals surface area contributed by atoms with Crippen LogP contribution in [0.1, 0.15) is 21.7 Å². The summed E-state index contributed by atoms with van der Waals surface area (Å²) in [6.45, 7) is 0. The minimum absolute atomic E-state index is 0.0904. The second-order valence-electron chi connectivity index (χ2n) is 8.59. The van der Waals surface area contributed by atoms with Gasteiger partial charge in [-0.1, -0.05) is 66.7 Å². The van der Waals surface area contributed by atoms with Crippen LogP contribution in [-0.2, 0) is 6.42 Å². The predicted molar refractivity (Wildman–Crippen MR) is 133 cm³/mol. The summed E-state index contributed by atoms with van der Waals surface area (Å²) in [7, 11) is 0. The van der Waals surface area contributed by atoms with Gasteiger partial charge < -0.3 is 4.42 Å². The molecule has 0 radical (unpaired) electrons. The first kappa shape index (κ1) is 18.2. The Labute approximate surface area is 190 Å². The molecule has 1 aliphatic rings. The predicted octanol–water partition coefficient (Wildman–Crippen LogP) is 7.35. The monoisotopic (exact) mass is 425 g/mol. The zero-order valence-electron chi connectivity index (χ0n) is 17.8. The molecule has 0 saturated heterocycles. The lowest BCUT2D eigenvalue weighted by atomic mass is 10.0. The Kier molecular flexibility index (Phi) is 3.76. The molecule has 6 aromatic rings. The van der Waals surface area contributed by atoms with Gasteiger partial charge in [0.25, 0.3) is 0 Å². The first-order valence-corrected chi connectivity index (χ1v) is 11.1. The molecule has 156 valence electrons. The number of furan rings is 1. The summed E-state index contributed by atoms with van der Waals surface area (Å²) >= 11 is 0. The SMILES string of the molecule is O=C1/C(=C\c2cc3c4ccccc4n(-c4ccccc4)c3o2)Cc2cc3ccccc3cc21. The van der Waals surface area contributed by atoms with E-state index in [2.05, 4.69) is 53.1 Å². The molecule has 2 heterocycles. The van der Waals surface area contributed by atoms with Gasteiger partial charge in [-0.3, -0.25) is 9.36 Å². The van der Waals surface area contributed by atoms with Crippen LogP contribution in [0.3, 0.4) is 0 Å². The lowest BCUT2D eigenvalue weighted by Crippen LogP contribution is -1.95. The van der Waals surface area contributed by atoms with Gasteiger partial charge in [0.05, 0.1) is 5.52 Å². The van der Waals surface area contributed by atoms with Gasteiger partial charge >= 0.3 is 0 Å². The number of Topliss-reactive ketones (excluding diaryl/α,β-unsaturated/α-hetero) is 1. The molecule has 2 aromatic heterocycles. The Morgan fingerprint density at radius 3 is 2.33 bits per heavy atom. The van der Waals surface area contributed by atoms with Crippen molar-refractivity contribution >= 4 is 44.6 Å². The Balaban J connectivity index is 1.37. The number of nitrogens with zero attached hydrogens (tertiary/aromatic N) is 1. The second-order valence-corrected chi connectivity index (χ2v) is 8.59. The Hall–Kier alpha value is -4.37. The summed E-state index contributed by atoms with van der Waals surface area (Å²) in [6.07, 6.45) is 2.54. The molecule has 0 amide bonds. The van der Waals surface area contributed by atoms with Crippen molar-refractivity contribution in [3.63, 3.8) is 0 Å². The largest absolute Gasteiger partial charge is 0.440 e. The maximum Gasteiger partial charge on any atom is 0.213 e. The minimum atomic E-state index is 0.0904. The molecule has 4 aromatic carbocycles. The summed E-state index contributed by atoms with van der Waals surface area (Å²) in [5, 5.41) is 4.45. The Morgan fingerprint density at radius 2 is 1.48 bits per heavy atom. The van der Waals surface area contributed by atoms with Crippen molar-refractivity contribution in [3.05, 3.63) is 120 Å². The first-order chi connectivity index (χ1) is 16.3. The van der Waals surface area contributed by atoms with E-state index in [0.717, 1.165) is 55.2 Å². The maximum atomic E-state index is 13.2.